The average molecular weight is 389 g/mol. The normalized spacial score (nSPS) is 15.7. The number of halogens is 1. The first-order chi connectivity index (χ1) is 12.8. The summed E-state index contributed by atoms with van der Waals surface area (Å²) in [6.45, 7) is 5.78. The summed E-state index contributed by atoms with van der Waals surface area (Å²) >= 11 is 0. The highest BCUT2D eigenvalue weighted by molar-refractivity contribution is 5.85. The van der Waals surface area contributed by atoms with E-state index >= 15 is 0 Å². The molecule has 146 valence electrons. The zero-order valence-corrected chi connectivity index (χ0v) is 16.7. The lowest BCUT2D eigenvalue weighted by Crippen LogP contribution is -2.44. The fraction of sp³-hybridized carbons (Fsp3) is 0.409. The van der Waals surface area contributed by atoms with Crippen LogP contribution in [0.2, 0.25) is 0 Å². The molecule has 0 aliphatic carbocycles. The van der Waals surface area contributed by atoms with Crippen molar-refractivity contribution in [3.8, 4) is 5.75 Å². The van der Waals surface area contributed by atoms with Gasteiger partial charge in [0.15, 0.2) is 0 Å². The molecule has 1 atom stereocenters. The molecule has 1 heterocycles. The first-order valence-corrected chi connectivity index (χ1v) is 9.54. The lowest BCUT2D eigenvalue weighted by molar-refractivity contribution is -0.140. The van der Waals surface area contributed by atoms with Crippen molar-refractivity contribution in [2.45, 2.75) is 25.9 Å². The van der Waals surface area contributed by atoms with Crippen molar-refractivity contribution in [3.63, 3.8) is 0 Å². The molecule has 4 nitrogen and oxygen atoms in total. The van der Waals surface area contributed by atoms with Gasteiger partial charge in [0.25, 0.3) is 5.91 Å². The topological polar surface area (TPSA) is 41.6 Å². The second-order valence-corrected chi connectivity index (χ2v) is 6.80. The van der Waals surface area contributed by atoms with Crippen LogP contribution in [0.4, 0.5) is 0 Å². The van der Waals surface area contributed by atoms with Crippen LogP contribution in [0.5, 0.6) is 5.75 Å². The predicted octanol–water partition coefficient (Wildman–Crippen LogP) is 4.08. The zero-order chi connectivity index (χ0) is 18.2. The summed E-state index contributed by atoms with van der Waals surface area (Å²) in [5.41, 5.74) is 0.899. The summed E-state index contributed by atoms with van der Waals surface area (Å²) < 4.78 is 6.10. The second kappa shape index (κ2) is 11.0. The van der Waals surface area contributed by atoms with Crippen LogP contribution in [0.1, 0.15) is 31.4 Å². The molecule has 1 saturated heterocycles. The molecule has 0 saturated carbocycles. The van der Waals surface area contributed by atoms with Crippen LogP contribution < -0.4 is 10.1 Å². The molecule has 3 rings (SSSR count). The van der Waals surface area contributed by atoms with E-state index in [4.69, 9.17) is 4.74 Å². The number of hydrogen-bond donors (Lipinski definition) is 1. The van der Waals surface area contributed by atoms with Gasteiger partial charge in [0.1, 0.15) is 5.75 Å². The van der Waals surface area contributed by atoms with Crippen LogP contribution in [0.15, 0.2) is 60.7 Å². The Labute approximate surface area is 168 Å². The third-order valence-corrected chi connectivity index (χ3v) is 4.93. The summed E-state index contributed by atoms with van der Waals surface area (Å²) in [5, 5.41) is 3.42. The maximum Gasteiger partial charge on any atom is 0.268 e. The Hall–Kier alpha value is -2.04. The van der Waals surface area contributed by atoms with Gasteiger partial charge in [0.05, 0.1) is 0 Å². The number of carbonyl (C=O) groups is 1. The van der Waals surface area contributed by atoms with Crippen LogP contribution in [0.3, 0.4) is 0 Å². The van der Waals surface area contributed by atoms with Crippen molar-refractivity contribution in [1.82, 2.24) is 10.2 Å². The fourth-order valence-corrected chi connectivity index (χ4v) is 3.40. The number of nitrogens with one attached hydrogen (secondary N) is 1. The highest BCUT2D eigenvalue weighted by Crippen LogP contribution is 2.26. The Morgan fingerprint density at radius 1 is 1.07 bits per heavy atom. The maximum absolute atomic E-state index is 13.2. The maximum atomic E-state index is 13.2. The quantitative estimate of drug-likeness (QED) is 0.777. The number of piperidine rings is 1. The standard InChI is InChI=1S/C22H28N2O2.ClH/c1-2-23-17-18-13-15-24(16-14-18)22(25)21(19-9-5-3-6-10-19)26-20-11-7-4-8-12-20;/h3-12,18,21,23H,2,13-17H2,1H3;1H. The first-order valence-electron chi connectivity index (χ1n) is 9.54. The minimum absolute atomic E-state index is 0. The summed E-state index contributed by atoms with van der Waals surface area (Å²) in [4.78, 5) is 15.2. The van der Waals surface area contributed by atoms with Crippen molar-refractivity contribution in [2.24, 2.45) is 5.92 Å². The van der Waals surface area contributed by atoms with Crippen LogP contribution in [-0.4, -0.2) is 37.0 Å². The van der Waals surface area contributed by atoms with E-state index in [2.05, 4.69) is 12.2 Å². The first kappa shape index (κ1) is 21.3. The molecule has 0 radical (unpaired) electrons. The van der Waals surface area contributed by atoms with E-state index in [-0.39, 0.29) is 18.3 Å². The van der Waals surface area contributed by atoms with E-state index in [0.717, 1.165) is 50.3 Å². The Morgan fingerprint density at radius 2 is 1.67 bits per heavy atom. The summed E-state index contributed by atoms with van der Waals surface area (Å²) in [5.74, 6) is 1.43. The van der Waals surface area contributed by atoms with Gasteiger partial charge < -0.3 is 15.0 Å². The van der Waals surface area contributed by atoms with Crippen molar-refractivity contribution in [1.29, 1.82) is 0 Å². The SMILES string of the molecule is CCNCC1CCN(C(=O)C(Oc2ccccc2)c2ccccc2)CC1.Cl. The van der Waals surface area contributed by atoms with Crippen LogP contribution in [-0.2, 0) is 4.79 Å². The van der Waals surface area contributed by atoms with Gasteiger partial charge in [-0.3, -0.25) is 4.79 Å². The van der Waals surface area contributed by atoms with Gasteiger partial charge in [-0.15, -0.1) is 12.4 Å². The van der Waals surface area contributed by atoms with Crippen molar-refractivity contribution >= 4 is 18.3 Å². The van der Waals surface area contributed by atoms with Gasteiger partial charge in [-0.25, -0.2) is 0 Å². The van der Waals surface area contributed by atoms with Gasteiger partial charge in [0.2, 0.25) is 6.10 Å². The Kier molecular flexibility index (Phi) is 8.62. The van der Waals surface area contributed by atoms with Crippen molar-refractivity contribution in [2.75, 3.05) is 26.2 Å². The molecule has 1 N–H and O–H groups in total. The molecule has 0 bridgehead atoms. The van der Waals surface area contributed by atoms with Gasteiger partial charge in [-0.1, -0.05) is 55.5 Å². The van der Waals surface area contributed by atoms with Crippen LogP contribution in [0.25, 0.3) is 0 Å². The third kappa shape index (κ3) is 5.98. The van der Waals surface area contributed by atoms with E-state index in [0.29, 0.717) is 5.92 Å². The fourth-order valence-electron chi connectivity index (χ4n) is 3.40. The van der Waals surface area contributed by atoms with E-state index in [1.54, 1.807) is 0 Å². The molecule has 0 spiro atoms. The van der Waals surface area contributed by atoms with Crippen LogP contribution >= 0.6 is 12.4 Å². The smallest absolute Gasteiger partial charge is 0.268 e. The summed E-state index contributed by atoms with van der Waals surface area (Å²) in [7, 11) is 0. The van der Waals surface area contributed by atoms with Crippen molar-refractivity contribution in [3.05, 3.63) is 66.2 Å². The number of likely N-dealkylation sites (tertiary alicyclic amines) is 1. The minimum atomic E-state index is -0.594. The van der Waals surface area contributed by atoms with E-state index in [9.17, 15) is 4.79 Å². The van der Waals surface area contributed by atoms with E-state index < -0.39 is 6.10 Å². The van der Waals surface area contributed by atoms with Gasteiger partial charge in [-0.2, -0.15) is 0 Å². The van der Waals surface area contributed by atoms with Crippen LogP contribution in [0, 0.1) is 5.92 Å². The lowest BCUT2D eigenvalue weighted by atomic mass is 9.96. The number of ether oxygens (including phenoxy) is 1. The number of nitrogens with zero attached hydrogens (tertiary/aromatic N) is 1. The largest absolute Gasteiger partial charge is 0.476 e. The molecular formula is C22H29ClN2O2. The molecule has 1 amide bonds. The summed E-state index contributed by atoms with van der Waals surface area (Å²) in [6, 6.07) is 19.4. The molecule has 2 aromatic rings. The van der Waals surface area contributed by atoms with Gasteiger partial charge in [0, 0.05) is 18.7 Å². The van der Waals surface area contributed by atoms with Gasteiger partial charge in [-0.05, 0) is 44.0 Å². The molecule has 1 aliphatic heterocycles. The molecule has 1 unspecified atom stereocenters. The molecule has 2 aromatic carbocycles. The van der Waals surface area contributed by atoms with E-state index in [1.165, 1.54) is 0 Å². The molecule has 27 heavy (non-hydrogen) atoms. The Morgan fingerprint density at radius 3 is 2.26 bits per heavy atom. The third-order valence-electron chi connectivity index (χ3n) is 4.93. The molecule has 0 aromatic heterocycles. The van der Waals surface area contributed by atoms with Crippen molar-refractivity contribution < 1.29 is 9.53 Å². The Bertz CT molecular complexity index is 673. The predicted molar refractivity (Wildman–Crippen MR) is 111 cm³/mol. The highest BCUT2D eigenvalue weighted by Gasteiger charge is 2.30. The lowest BCUT2D eigenvalue weighted by Gasteiger charge is -2.34. The van der Waals surface area contributed by atoms with Gasteiger partial charge >= 0.3 is 0 Å². The number of carbonyl (C=O) groups excluding carboxylic acids is 1. The Balaban J connectivity index is 0.00000261. The number of benzene rings is 2. The number of para-hydroxylation sites is 1. The highest BCUT2D eigenvalue weighted by atomic mass is 35.5. The second-order valence-electron chi connectivity index (χ2n) is 6.80. The van der Waals surface area contributed by atoms with E-state index in [1.807, 2.05) is 65.6 Å². The minimum Gasteiger partial charge on any atom is -0.476 e. The summed E-state index contributed by atoms with van der Waals surface area (Å²) in [6.07, 6.45) is 1.50. The molecular weight excluding hydrogens is 360 g/mol. The number of hydrogen-bond acceptors (Lipinski definition) is 3. The number of amides is 1. The zero-order valence-electron chi connectivity index (χ0n) is 15.8. The number of rotatable bonds is 7. The average Bonchev–Trinajstić information content (AvgIpc) is 2.72. The molecule has 1 aliphatic rings. The molecule has 5 heteroatoms. The monoisotopic (exact) mass is 388 g/mol. The molecule has 1 fully saturated rings.